The number of fused-ring (bicyclic) bond motifs is 4. The smallest absolute Gasteiger partial charge is 0.252 e. The summed E-state index contributed by atoms with van der Waals surface area (Å²) in [6.07, 6.45) is 0. The first kappa shape index (κ1) is 64.7. The Bertz CT molecular complexity index is 7090. The van der Waals surface area contributed by atoms with E-state index in [9.17, 15) is 30.2 Å². The van der Waals surface area contributed by atoms with Crippen molar-refractivity contribution in [3.63, 3.8) is 0 Å². The third kappa shape index (κ3) is 19.0. The second-order valence-electron chi connectivity index (χ2n) is 43.1. The summed E-state index contributed by atoms with van der Waals surface area (Å²) >= 11 is 9.30. The second kappa shape index (κ2) is 32.9. The lowest BCUT2D eigenvalue weighted by Crippen LogP contribution is -2.61. The summed E-state index contributed by atoms with van der Waals surface area (Å²) in [6, 6.07) is 29.8. The summed E-state index contributed by atoms with van der Waals surface area (Å²) in [4.78, 5) is 7.01. The minimum Gasteiger partial charge on any atom is -0.311 e. The molecule has 4 nitrogen and oxygen atoms in total. The molecule has 0 fully saturated rings. The van der Waals surface area contributed by atoms with E-state index in [0.29, 0.717) is 45.3 Å². The van der Waals surface area contributed by atoms with E-state index in [1.54, 1.807) is 21.9 Å². The number of benzene rings is 12. The first-order chi connectivity index (χ1) is 65.8. The van der Waals surface area contributed by atoms with Crippen LogP contribution in [0.1, 0.15) is 305 Å². The van der Waals surface area contributed by atoms with E-state index in [4.69, 9.17) is 12.2 Å². The maximum atomic E-state index is 10.2. The van der Waals surface area contributed by atoms with Crippen molar-refractivity contribution in [3.05, 3.63) is 314 Å². The molecule has 2 heterocycles. The standard InChI is InChI=1S/C57H67BN2.C57H69ClN2.HI/c1-36-31-50-52-51(32-36)60(47-28-23-40(55(8,9)10)33-44(47)37-17-19-38(20-18-37)53(2,3)4)49-30-25-42(57(14,15)16)35-46(49)58(52)45-34-41(56(11,12)13)24-29-48(45)59(50)43-26-21-39(22-27-43)54(5,6)7;1-38-35-50(59(45-28-21-41(22-29-45)54(5,6)7)46-30-23-42(24-31-46)55(8,9)10)52(58)51(36-38)60(47-32-25-43(26-33-47)56(11,12)13)49-34-27-44(57(14,15)16)37-48(49)39-17-19-40(20-18-39)53(2,3)4;/h17-35H,1-16H3;17-37H,1-16H3;1H/i17D,18D,19D,20D,21D,22D,23D,26D,27D,28D,33D;17D,18D,19D,20D,21D,22D,27D,28D,29D,34D,37D;/hD. The molecule has 0 saturated carbocycles. The van der Waals surface area contributed by atoms with Crippen molar-refractivity contribution in [2.24, 2.45) is 0 Å². The number of hydrogen-bond donors (Lipinski definition) is 0. The van der Waals surface area contributed by atoms with E-state index in [1.165, 1.54) is 23.8 Å². The third-order valence-electron chi connectivity index (χ3n) is 22.5. The fraction of sp³-hybridized carbons (Fsp3) is 0.368. The van der Waals surface area contributed by atoms with Gasteiger partial charge in [-0.25, -0.2) is 0 Å². The maximum absolute atomic E-state index is 10.2. The lowest BCUT2D eigenvalue weighted by atomic mass is 9.33. The molecule has 121 heavy (non-hydrogen) atoms. The minimum absolute atomic E-state index is 0.00776. The van der Waals surface area contributed by atoms with E-state index in [2.05, 4.69) is 107 Å². The van der Waals surface area contributed by atoms with Crippen molar-refractivity contribution in [2.75, 3.05) is 19.6 Å². The molecular weight excluding hydrogens is 1600 g/mol. The molecule has 12 aromatic rings. The van der Waals surface area contributed by atoms with Crippen LogP contribution in [0, 0.1) is 13.8 Å². The highest BCUT2D eigenvalue weighted by Gasteiger charge is 2.45. The van der Waals surface area contributed by atoms with Crippen molar-refractivity contribution < 1.29 is 30.2 Å². The number of nitrogens with zero attached hydrogens (tertiary/aromatic N) is 4. The van der Waals surface area contributed by atoms with Gasteiger partial charge in [-0.05, 0) is 271 Å². The Labute approximate surface area is 784 Å². The predicted molar refractivity (Wildman–Crippen MR) is 544 cm³/mol. The SMILES string of the molecule is [2H]I.[2H]c1c([2H])c(C(C)(C)C)c([2H])c([2H])c1-c1c([2H])c(C(C)(C)C)c([2H])c([2H])c1N(c1ccc(C(C)(C)C)cc1)c1cc(C)cc(N(c2ccc(C(C)(C)C)cc2)c2c([2H])c([2H])c(C(C)(C)C)c([2H])c2[2H])c1Cl.[2H]c1c([2H])c(C(C)(C)C)c([2H])c([2H])c1-c1c([2H])c(C(C)(C)C)c([2H])c([2H])c1N1c2ccc(C(C)(C)C)cc2B2c3cc(C(C)(C)C)ccc3N(c3c([2H])c([2H])c(C(C)(C)C)c([2H])c3[2H])c3cc(C)cc1c32. The Hall–Kier alpha value is -9.08. The lowest BCUT2D eigenvalue weighted by Gasteiger charge is -2.45. The fourth-order valence-corrected chi connectivity index (χ4v) is 15.3. The molecule has 12 aromatic carbocycles. The van der Waals surface area contributed by atoms with Gasteiger partial charge in [-0.3, -0.25) is 0 Å². The Kier molecular flexibility index (Phi) is 17.6. The molecule has 0 aliphatic carbocycles. The van der Waals surface area contributed by atoms with Gasteiger partial charge in [0.25, 0.3) is 6.71 Å². The Balaban J connectivity index is 0.000000252. The van der Waals surface area contributed by atoms with Gasteiger partial charge in [-0.1, -0.05) is 352 Å². The molecule has 2 aliphatic rings. The van der Waals surface area contributed by atoms with Crippen LogP contribution in [0.25, 0.3) is 22.3 Å². The number of hydrogen-bond acceptors (Lipinski definition) is 4. The molecule has 0 atom stereocenters. The average molecular weight is 1760 g/mol. The van der Waals surface area contributed by atoms with Gasteiger partial charge < -0.3 is 19.6 Å². The highest BCUT2D eigenvalue weighted by Crippen LogP contribution is 2.53. The molecule has 2 aliphatic heterocycles. The van der Waals surface area contributed by atoms with Crippen LogP contribution in [-0.4, -0.2) is 7.31 Å². The molecule has 0 spiro atoms. The van der Waals surface area contributed by atoms with Gasteiger partial charge in [0.05, 0.1) is 57.9 Å². The minimum atomic E-state index is -0.880. The quantitative estimate of drug-likeness (QED) is 0.0999. The van der Waals surface area contributed by atoms with Crippen LogP contribution in [-0.2, 0) is 54.1 Å². The zero-order valence-electron chi connectivity index (χ0n) is 101. The summed E-state index contributed by atoms with van der Waals surface area (Å²) < 4.78 is 218. The number of rotatable bonds is 10. The highest BCUT2D eigenvalue weighted by atomic mass is 127. The lowest BCUT2D eigenvalue weighted by molar-refractivity contribution is 0.589. The van der Waals surface area contributed by atoms with Crippen molar-refractivity contribution >= 4 is 127 Å². The average Bonchev–Trinajstić information content (AvgIpc) is 0.682. The topological polar surface area (TPSA) is 13.0 Å². The van der Waals surface area contributed by atoms with E-state index in [-0.39, 0.29) is 232 Å². The van der Waals surface area contributed by atoms with Gasteiger partial charge in [-0.15, -0.1) is 23.8 Å². The third-order valence-corrected chi connectivity index (χ3v) is 22.9. The molecular formula is C114H137BClIN4. The Morgan fingerprint density at radius 3 is 1.00 bits per heavy atom. The summed E-state index contributed by atoms with van der Waals surface area (Å²) in [5.41, 5.74) is 7.04. The van der Waals surface area contributed by atoms with E-state index in [0.717, 1.165) is 44.2 Å². The second-order valence-corrected chi connectivity index (χ2v) is 43.5. The Morgan fingerprint density at radius 1 is 0.281 bits per heavy atom. The molecule has 7 heteroatoms. The first-order valence-corrected chi connectivity index (χ1v) is 42.5. The van der Waals surface area contributed by atoms with Crippen LogP contribution in [0.5, 0.6) is 0 Å². The zero-order valence-corrected chi connectivity index (χ0v) is 80.4. The van der Waals surface area contributed by atoms with Crippen LogP contribution < -0.4 is 36.0 Å². The number of aryl methyl sites for hydroxylation is 2. The normalized spacial score (nSPS) is 16.0. The monoisotopic (exact) mass is 1760 g/mol. The van der Waals surface area contributed by atoms with Crippen LogP contribution in [0.3, 0.4) is 0 Å². The summed E-state index contributed by atoms with van der Waals surface area (Å²) in [7, 11) is 0. The van der Waals surface area contributed by atoms with Gasteiger partial charge in [0.15, 0.2) is 0 Å². The van der Waals surface area contributed by atoms with E-state index in [1.807, 2.05) is 221 Å². The van der Waals surface area contributed by atoms with Crippen molar-refractivity contribution in [3.8, 4) is 22.3 Å². The molecule has 0 aromatic heterocycles. The largest absolute Gasteiger partial charge is 0.311 e. The highest BCUT2D eigenvalue weighted by molar-refractivity contribution is 14.0. The van der Waals surface area contributed by atoms with Gasteiger partial charge in [0.1, 0.15) is 0.594 Å². The van der Waals surface area contributed by atoms with Crippen LogP contribution in [0.2, 0.25) is 5.02 Å². The van der Waals surface area contributed by atoms with Gasteiger partial charge >= 0.3 is 0 Å². The summed E-state index contributed by atoms with van der Waals surface area (Å²) in [5.74, 6) is 0. The predicted octanol–water partition coefficient (Wildman–Crippen LogP) is 32.6. The molecule has 0 N–H and O–H groups in total. The van der Waals surface area contributed by atoms with Crippen molar-refractivity contribution in [2.45, 2.75) is 276 Å². The van der Waals surface area contributed by atoms with Crippen molar-refractivity contribution in [1.82, 2.24) is 0 Å². The van der Waals surface area contributed by atoms with E-state index < -0.39 is 51.3 Å². The number of anilines is 12. The first-order valence-electron chi connectivity index (χ1n) is 53.5. The van der Waals surface area contributed by atoms with Crippen LogP contribution in [0.15, 0.2) is 242 Å². The Morgan fingerprint density at radius 2 is 0.595 bits per heavy atom. The van der Waals surface area contributed by atoms with Gasteiger partial charge in [0, 0.05) is 56.6 Å². The van der Waals surface area contributed by atoms with Gasteiger partial charge in [-0.2, -0.15) is 0 Å². The van der Waals surface area contributed by atoms with Crippen molar-refractivity contribution in [1.29, 1.82) is 0.594 Å². The maximum Gasteiger partial charge on any atom is 0.252 e. The molecule has 0 unspecified atom stereocenters. The molecule has 0 saturated heterocycles. The van der Waals surface area contributed by atoms with Crippen LogP contribution in [0.4, 0.5) is 68.2 Å². The summed E-state index contributed by atoms with van der Waals surface area (Å²) in [6.45, 7) is 61.9. The van der Waals surface area contributed by atoms with Crippen LogP contribution >= 0.6 is 35.4 Å². The molecule has 630 valence electrons. The van der Waals surface area contributed by atoms with E-state index >= 15 is 0 Å². The number of halogens is 2. The zero-order chi connectivity index (χ0) is 109. The molecule has 0 radical (unpaired) electrons. The summed E-state index contributed by atoms with van der Waals surface area (Å²) in [5, 5.41) is 0.0399. The molecule has 14 rings (SSSR count). The molecule has 0 bridgehead atoms. The fourth-order valence-electron chi connectivity index (χ4n) is 15.1. The molecule has 0 amide bonds. The van der Waals surface area contributed by atoms with Gasteiger partial charge in [0.2, 0.25) is 0 Å².